The van der Waals surface area contributed by atoms with Crippen molar-refractivity contribution in [3.63, 3.8) is 0 Å². The molecule has 9 nitrogen and oxygen atoms in total. The number of carbonyl (C=O) groups excluding carboxylic acids is 1. The summed E-state index contributed by atoms with van der Waals surface area (Å²) in [5, 5.41) is 8.52. The summed E-state index contributed by atoms with van der Waals surface area (Å²) in [6.45, 7) is 11.6. The third kappa shape index (κ3) is 11.0. The summed E-state index contributed by atoms with van der Waals surface area (Å²) in [5.41, 5.74) is 1.88. The molecule has 3 atom stereocenters. The van der Waals surface area contributed by atoms with Crippen LogP contribution in [0, 0.1) is 0 Å². The molecule has 230 valence electrons. The van der Waals surface area contributed by atoms with Gasteiger partial charge in [-0.25, -0.2) is 4.57 Å². The number of rotatable bonds is 17. The van der Waals surface area contributed by atoms with Gasteiger partial charge in [0.1, 0.15) is 11.8 Å². The number of aromatic nitrogens is 1. The Hall–Kier alpha value is -2.39. The summed E-state index contributed by atoms with van der Waals surface area (Å²) >= 11 is 12.1. The number of esters is 1. The molecule has 0 radical (unpaired) electrons. The molecule has 0 saturated heterocycles. The second-order valence-electron chi connectivity index (χ2n) is 10.4. The Morgan fingerprint density at radius 2 is 1.74 bits per heavy atom. The predicted octanol–water partition coefficient (Wildman–Crippen LogP) is 7.58. The molecule has 3 aromatic rings. The first-order chi connectivity index (χ1) is 20.0. The van der Waals surface area contributed by atoms with Crippen LogP contribution in [0.2, 0.25) is 10.0 Å². The van der Waals surface area contributed by atoms with Crippen molar-refractivity contribution >= 4 is 53.5 Å². The molecule has 0 unspecified atom stereocenters. The second-order valence-corrected chi connectivity index (χ2v) is 12.9. The van der Waals surface area contributed by atoms with Crippen molar-refractivity contribution in [3.05, 3.63) is 64.8 Å². The van der Waals surface area contributed by atoms with Gasteiger partial charge in [0.15, 0.2) is 0 Å². The van der Waals surface area contributed by atoms with Gasteiger partial charge in [0, 0.05) is 39.9 Å². The van der Waals surface area contributed by atoms with Gasteiger partial charge in [-0.15, -0.1) is 0 Å². The Balaban J connectivity index is 1.52. The van der Waals surface area contributed by atoms with Gasteiger partial charge < -0.3 is 19.5 Å². The standard InChI is InChI=1S/C30H41Cl2N4O5P/c1-6-36(17-7-8-22(4)34-28-15-16-33-29-20-25(32)11-14-27(28)29)18-19-39-42(38,35-23(5)30(37)40-21(2)3)41-26-12-9-24(31)10-13-26/h9-16,20-23H,6-8,17-19H2,1-5H3,(H,33,34)(H,35,38)/t22-,23+,42+/m1/s1. The van der Waals surface area contributed by atoms with Crippen LogP contribution < -0.4 is 14.9 Å². The summed E-state index contributed by atoms with van der Waals surface area (Å²) in [5.74, 6) is -0.242. The Morgan fingerprint density at radius 1 is 1.02 bits per heavy atom. The molecular weight excluding hydrogens is 598 g/mol. The van der Waals surface area contributed by atoms with E-state index in [0.29, 0.717) is 22.3 Å². The number of hydrogen-bond donors (Lipinski definition) is 2. The Morgan fingerprint density at radius 3 is 2.43 bits per heavy atom. The van der Waals surface area contributed by atoms with Crippen LogP contribution in [-0.4, -0.2) is 60.3 Å². The molecule has 0 aliphatic heterocycles. The van der Waals surface area contributed by atoms with Crippen LogP contribution in [0.15, 0.2) is 54.7 Å². The molecule has 1 aromatic heterocycles. The van der Waals surface area contributed by atoms with Crippen molar-refractivity contribution < 1.29 is 23.1 Å². The first-order valence-electron chi connectivity index (χ1n) is 14.2. The van der Waals surface area contributed by atoms with E-state index in [1.165, 1.54) is 0 Å². The molecule has 0 aliphatic rings. The number of anilines is 1. The van der Waals surface area contributed by atoms with Crippen LogP contribution in [0.3, 0.4) is 0 Å². The highest BCUT2D eigenvalue weighted by atomic mass is 35.5. The topological polar surface area (TPSA) is 102 Å². The van der Waals surface area contributed by atoms with E-state index in [9.17, 15) is 9.36 Å². The fourth-order valence-electron chi connectivity index (χ4n) is 4.27. The molecule has 0 bridgehead atoms. The van der Waals surface area contributed by atoms with E-state index in [4.69, 9.17) is 37.0 Å². The molecule has 0 aliphatic carbocycles. The molecule has 1 heterocycles. The zero-order valence-electron chi connectivity index (χ0n) is 24.8. The molecule has 2 N–H and O–H groups in total. The van der Waals surface area contributed by atoms with Crippen molar-refractivity contribution in [1.82, 2.24) is 15.0 Å². The number of likely N-dealkylation sites (N-methyl/N-ethyl adjacent to an activating group) is 1. The molecular formula is C30H41Cl2N4O5P. The summed E-state index contributed by atoms with van der Waals surface area (Å²) < 4.78 is 30.4. The lowest BCUT2D eigenvalue weighted by Crippen LogP contribution is -2.37. The first kappa shape index (κ1) is 34.1. The average Bonchev–Trinajstić information content (AvgIpc) is 2.93. The monoisotopic (exact) mass is 638 g/mol. The fourth-order valence-corrected chi connectivity index (χ4v) is 6.05. The van der Waals surface area contributed by atoms with Crippen LogP contribution >= 0.6 is 30.9 Å². The average molecular weight is 640 g/mol. The largest absolute Gasteiger partial charge is 0.462 e. The lowest BCUT2D eigenvalue weighted by molar-refractivity contribution is -0.149. The van der Waals surface area contributed by atoms with Crippen molar-refractivity contribution in [2.75, 3.05) is 31.6 Å². The Kier molecular flexibility index (Phi) is 13.4. The SMILES string of the molecule is CCN(CCC[C@@H](C)Nc1ccnc2cc(Cl)ccc12)CCO[P@@](=O)(N[C@@H](C)C(=O)OC(C)C)Oc1ccc(Cl)cc1. The van der Waals surface area contributed by atoms with E-state index in [-0.39, 0.29) is 18.8 Å². The van der Waals surface area contributed by atoms with Gasteiger partial charge in [-0.3, -0.25) is 14.3 Å². The number of pyridine rings is 1. The van der Waals surface area contributed by atoms with Gasteiger partial charge in [0.25, 0.3) is 0 Å². The van der Waals surface area contributed by atoms with Gasteiger partial charge in [-0.2, -0.15) is 5.09 Å². The second kappa shape index (κ2) is 16.5. The van der Waals surface area contributed by atoms with E-state index < -0.39 is 19.8 Å². The highest BCUT2D eigenvalue weighted by molar-refractivity contribution is 7.52. The van der Waals surface area contributed by atoms with Gasteiger partial charge in [0.05, 0.1) is 18.2 Å². The zero-order valence-corrected chi connectivity index (χ0v) is 27.2. The molecule has 12 heteroatoms. The third-order valence-electron chi connectivity index (χ3n) is 6.43. The van der Waals surface area contributed by atoms with Gasteiger partial charge >= 0.3 is 13.7 Å². The number of nitrogens with one attached hydrogen (secondary N) is 2. The third-order valence-corrected chi connectivity index (χ3v) is 8.59. The van der Waals surface area contributed by atoms with Gasteiger partial charge in [0.2, 0.25) is 0 Å². The van der Waals surface area contributed by atoms with E-state index >= 15 is 0 Å². The van der Waals surface area contributed by atoms with Crippen LogP contribution in [-0.2, 0) is 18.6 Å². The van der Waals surface area contributed by atoms with Gasteiger partial charge in [-0.05, 0) is 102 Å². The minimum Gasteiger partial charge on any atom is -0.462 e. The van der Waals surface area contributed by atoms with Gasteiger partial charge in [-0.1, -0.05) is 30.1 Å². The van der Waals surface area contributed by atoms with E-state index in [0.717, 1.165) is 42.5 Å². The summed E-state index contributed by atoms with van der Waals surface area (Å²) in [7, 11) is -3.92. The number of benzene rings is 2. The molecule has 0 fully saturated rings. The highest BCUT2D eigenvalue weighted by Gasteiger charge is 2.32. The predicted molar refractivity (Wildman–Crippen MR) is 171 cm³/mol. The van der Waals surface area contributed by atoms with Crippen molar-refractivity contribution in [2.45, 2.75) is 65.6 Å². The van der Waals surface area contributed by atoms with Crippen LogP contribution in [0.5, 0.6) is 5.75 Å². The minimum atomic E-state index is -3.92. The molecule has 42 heavy (non-hydrogen) atoms. The number of halogens is 2. The Bertz CT molecular complexity index is 1350. The number of hydrogen-bond acceptors (Lipinski definition) is 8. The van der Waals surface area contributed by atoms with Crippen molar-refractivity contribution in [2.24, 2.45) is 0 Å². The lowest BCUT2D eigenvalue weighted by Gasteiger charge is -2.25. The number of carbonyl (C=O) groups is 1. The molecule has 0 saturated carbocycles. The number of ether oxygens (including phenoxy) is 1. The van der Waals surface area contributed by atoms with E-state index in [1.807, 2.05) is 24.3 Å². The molecule has 0 spiro atoms. The maximum Gasteiger partial charge on any atom is 0.459 e. The first-order valence-corrected chi connectivity index (χ1v) is 16.5. The van der Waals surface area contributed by atoms with Crippen LogP contribution in [0.4, 0.5) is 5.69 Å². The smallest absolute Gasteiger partial charge is 0.459 e. The highest BCUT2D eigenvalue weighted by Crippen LogP contribution is 2.45. The maximum absolute atomic E-state index is 13.7. The van der Waals surface area contributed by atoms with E-state index in [1.54, 1.807) is 51.2 Å². The number of fused-ring (bicyclic) bond motifs is 1. The molecule has 2 aromatic carbocycles. The van der Waals surface area contributed by atoms with Crippen molar-refractivity contribution in [3.8, 4) is 5.75 Å². The zero-order chi connectivity index (χ0) is 30.7. The Labute approximate surface area is 258 Å². The van der Waals surface area contributed by atoms with Crippen molar-refractivity contribution in [1.29, 1.82) is 0 Å². The van der Waals surface area contributed by atoms with Crippen LogP contribution in [0.1, 0.15) is 47.5 Å². The lowest BCUT2D eigenvalue weighted by atomic mass is 10.1. The fraction of sp³-hybridized carbons (Fsp3) is 0.467. The molecule has 0 amide bonds. The maximum atomic E-state index is 13.7. The summed E-state index contributed by atoms with van der Waals surface area (Å²) in [6, 6.07) is 13.5. The minimum absolute atomic E-state index is 0.136. The number of nitrogens with zero attached hydrogens (tertiary/aromatic N) is 2. The summed E-state index contributed by atoms with van der Waals surface area (Å²) in [6.07, 6.45) is 3.37. The van der Waals surface area contributed by atoms with Crippen LogP contribution in [0.25, 0.3) is 10.9 Å². The summed E-state index contributed by atoms with van der Waals surface area (Å²) in [4.78, 5) is 19.0. The molecule has 3 rings (SSSR count). The quantitative estimate of drug-likeness (QED) is 0.114. The van der Waals surface area contributed by atoms with E-state index in [2.05, 4.69) is 34.1 Å². The normalized spacial score (nSPS) is 14.5.